The lowest BCUT2D eigenvalue weighted by molar-refractivity contribution is 0.336. The van der Waals surface area contributed by atoms with Gasteiger partial charge in [-0.1, -0.05) is 5.16 Å². The van der Waals surface area contributed by atoms with Gasteiger partial charge in [-0.3, -0.25) is 0 Å². The molecule has 2 aliphatic heterocycles. The van der Waals surface area contributed by atoms with Crippen molar-refractivity contribution in [1.29, 1.82) is 0 Å². The predicted octanol–water partition coefficient (Wildman–Crippen LogP) is 1.03. The van der Waals surface area contributed by atoms with Crippen molar-refractivity contribution in [3.63, 3.8) is 0 Å². The molecule has 0 saturated carbocycles. The first-order valence-electron chi connectivity index (χ1n) is 7.03. The van der Waals surface area contributed by atoms with E-state index >= 15 is 0 Å². The van der Waals surface area contributed by atoms with Gasteiger partial charge < -0.3 is 14.7 Å². The summed E-state index contributed by atoms with van der Waals surface area (Å²) < 4.78 is 5.41. The fourth-order valence-corrected chi connectivity index (χ4v) is 3.03. The van der Waals surface area contributed by atoms with Crippen molar-refractivity contribution in [2.75, 3.05) is 33.2 Å². The van der Waals surface area contributed by atoms with Gasteiger partial charge >= 0.3 is 0 Å². The van der Waals surface area contributed by atoms with Gasteiger partial charge in [0, 0.05) is 25.4 Å². The molecule has 2 unspecified atom stereocenters. The Kier molecular flexibility index (Phi) is 3.61. The summed E-state index contributed by atoms with van der Waals surface area (Å²) >= 11 is 0. The molecule has 3 rings (SSSR count). The minimum absolute atomic E-state index is 0.447. The summed E-state index contributed by atoms with van der Waals surface area (Å²) in [6.45, 7) is 4.46. The van der Waals surface area contributed by atoms with Gasteiger partial charge in [-0.05, 0) is 45.3 Å². The summed E-state index contributed by atoms with van der Waals surface area (Å²) in [6, 6.07) is 0. The van der Waals surface area contributed by atoms with E-state index in [0.717, 1.165) is 37.8 Å². The molecule has 1 aromatic heterocycles. The maximum absolute atomic E-state index is 5.41. The zero-order chi connectivity index (χ0) is 12.4. The zero-order valence-electron chi connectivity index (χ0n) is 11.1. The minimum Gasteiger partial charge on any atom is -0.339 e. The normalized spacial score (nSPS) is 29.8. The summed E-state index contributed by atoms with van der Waals surface area (Å²) in [5.41, 5.74) is 0. The van der Waals surface area contributed by atoms with Crippen molar-refractivity contribution in [3.05, 3.63) is 11.7 Å². The number of rotatable bonds is 3. The monoisotopic (exact) mass is 250 g/mol. The van der Waals surface area contributed by atoms with Crippen molar-refractivity contribution in [2.24, 2.45) is 5.92 Å². The van der Waals surface area contributed by atoms with Crippen molar-refractivity contribution < 1.29 is 4.52 Å². The number of hydrogen-bond donors (Lipinski definition) is 1. The Bertz CT molecular complexity index is 386. The summed E-state index contributed by atoms with van der Waals surface area (Å²) in [5.74, 6) is 2.87. The van der Waals surface area contributed by atoms with Crippen LogP contribution in [0.3, 0.4) is 0 Å². The number of aromatic nitrogens is 2. The van der Waals surface area contributed by atoms with Gasteiger partial charge in [0.1, 0.15) is 0 Å². The molecule has 0 bridgehead atoms. The highest BCUT2D eigenvalue weighted by atomic mass is 16.5. The third-order valence-corrected chi connectivity index (χ3v) is 4.10. The number of nitrogens with one attached hydrogen (secondary N) is 1. The first kappa shape index (κ1) is 12.1. The van der Waals surface area contributed by atoms with Gasteiger partial charge in [-0.2, -0.15) is 4.98 Å². The average Bonchev–Trinajstić information content (AvgIpc) is 3.01. The lowest BCUT2D eigenvalue weighted by Gasteiger charge is -2.19. The van der Waals surface area contributed by atoms with Crippen LogP contribution in [0.25, 0.3) is 0 Å². The largest absolute Gasteiger partial charge is 0.339 e. The fraction of sp³-hybridized carbons (Fsp3) is 0.846. The van der Waals surface area contributed by atoms with Crippen LogP contribution in [-0.4, -0.2) is 48.3 Å². The molecule has 2 atom stereocenters. The molecule has 2 saturated heterocycles. The highest BCUT2D eigenvalue weighted by molar-refractivity contribution is 4.99. The first-order valence-corrected chi connectivity index (χ1v) is 7.03. The molecule has 0 spiro atoms. The Morgan fingerprint density at radius 2 is 2.39 bits per heavy atom. The molecule has 18 heavy (non-hydrogen) atoms. The highest BCUT2D eigenvalue weighted by Gasteiger charge is 2.24. The summed E-state index contributed by atoms with van der Waals surface area (Å²) in [6.07, 6.45) is 4.58. The van der Waals surface area contributed by atoms with Gasteiger partial charge in [0.2, 0.25) is 5.89 Å². The minimum atomic E-state index is 0.447. The molecular formula is C13H22N4O. The van der Waals surface area contributed by atoms with E-state index in [1.807, 2.05) is 0 Å². The molecule has 1 N–H and O–H groups in total. The van der Waals surface area contributed by atoms with E-state index in [9.17, 15) is 0 Å². The van der Waals surface area contributed by atoms with Gasteiger partial charge in [-0.15, -0.1) is 0 Å². The van der Waals surface area contributed by atoms with Crippen molar-refractivity contribution >= 4 is 0 Å². The summed E-state index contributed by atoms with van der Waals surface area (Å²) in [5, 5.41) is 7.55. The molecule has 2 aliphatic rings. The highest BCUT2D eigenvalue weighted by Crippen LogP contribution is 2.23. The van der Waals surface area contributed by atoms with Crippen molar-refractivity contribution in [1.82, 2.24) is 20.4 Å². The second-order valence-corrected chi connectivity index (χ2v) is 5.71. The molecule has 5 nitrogen and oxygen atoms in total. The van der Waals surface area contributed by atoms with Crippen LogP contribution in [0.2, 0.25) is 0 Å². The van der Waals surface area contributed by atoms with E-state index in [2.05, 4.69) is 27.4 Å². The molecule has 100 valence electrons. The Labute approximate surface area is 108 Å². The molecule has 0 radical (unpaired) electrons. The van der Waals surface area contributed by atoms with Crippen LogP contribution in [0, 0.1) is 5.92 Å². The van der Waals surface area contributed by atoms with Crippen LogP contribution < -0.4 is 5.32 Å². The number of hydrogen-bond acceptors (Lipinski definition) is 5. The molecule has 1 aromatic rings. The topological polar surface area (TPSA) is 54.2 Å². The van der Waals surface area contributed by atoms with Crippen LogP contribution in [-0.2, 0) is 6.42 Å². The lowest BCUT2D eigenvalue weighted by Crippen LogP contribution is -2.28. The third kappa shape index (κ3) is 2.72. The Morgan fingerprint density at radius 3 is 3.11 bits per heavy atom. The molecule has 3 heterocycles. The maximum atomic E-state index is 5.41. The van der Waals surface area contributed by atoms with Gasteiger partial charge in [-0.25, -0.2) is 0 Å². The summed E-state index contributed by atoms with van der Waals surface area (Å²) in [4.78, 5) is 6.95. The second kappa shape index (κ2) is 5.36. The van der Waals surface area contributed by atoms with Crippen LogP contribution in [0.4, 0.5) is 0 Å². The lowest BCUT2D eigenvalue weighted by atomic mass is 9.99. The molecule has 2 fully saturated rings. The number of likely N-dealkylation sites (tertiary alicyclic amines) is 1. The first-order chi connectivity index (χ1) is 8.81. The van der Waals surface area contributed by atoms with E-state index in [1.165, 1.54) is 25.8 Å². The average molecular weight is 250 g/mol. The number of piperidine rings is 1. The Balaban J connectivity index is 1.59. The SMILES string of the molecule is CN1CCC(Cc2nc(C3CCCNC3)no2)C1. The number of nitrogens with zero attached hydrogens (tertiary/aromatic N) is 3. The van der Waals surface area contributed by atoms with E-state index in [4.69, 9.17) is 4.52 Å². The van der Waals surface area contributed by atoms with Crippen molar-refractivity contribution in [2.45, 2.75) is 31.6 Å². The molecule has 0 aromatic carbocycles. The Hall–Kier alpha value is -0.940. The smallest absolute Gasteiger partial charge is 0.226 e. The molecule has 5 heteroatoms. The standard InChI is InChI=1S/C13H22N4O/c1-17-6-4-10(9-17)7-12-15-13(16-18-12)11-3-2-5-14-8-11/h10-11,14H,2-9H2,1H3. The Morgan fingerprint density at radius 1 is 1.44 bits per heavy atom. The molecule has 0 amide bonds. The molecule has 0 aliphatic carbocycles. The van der Waals surface area contributed by atoms with E-state index in [1.54, 1.807) is 0 Å². The maximum Gasteiger partial charge on any atom is 0.226 e. The second-order valence-electron chi connectivity index (χ2n) is 5.71. The van der Waals surface area contributed by atoms with Gasteiger partial charge in [0.05, 0.1) is 0 Å². The summed E-state index contributed by atoms with van der Waals surface area (Å²) in [7, 11) is 2.17. The fourth-order valence-electron chi connectivity index (χ4n) is 3.03. The third-order valence-electron chi connectivity index (χ3n) is 4.10. The van der Waals surface area contributed by atoms with Crippen LogP contribution in [0.5, 0.6) is 0 Å². The molecular weight excluding hydrogens is 228 g/mol. The van der Waals surface area contributed by atoms with Gasteiger partial charge in [0.15, 0.2) is 5.82 Å². The predicted molar refractivity (Wildman–Crippen MR) is 68.5 cm³/mol. The zero-order valence-corrected chi connectivity index (χ0v) is 11.1. The van der Waals surface area contributed by atoms with Crippen LogP contribution in [0.1, 0.15) is 36.9 Å². The van der Waals surface area contributed by atoms with E-state index < -0.39 is 0 Å². The van der Waals surface area contributed by atoms with Crippen LogP contribution in [0.15, 0.2) is 4.52 Å². The van der Waals surface area contributed by atoms with E-state index in [-0.39, 0.29) is 0 Å². The van der Waals surface area contributed by atoms with E-state index in [0.29, 0.717) is 11.8 Å². The quantitative estimate of drug-likeness (QED) is 0.868. The van der Waals surface area contributed by atoms with Gasteiger partial charge in [0.25, 0.3) is 0 Å². The van der Waals surface area contributed by atoms with Crippen LogP contribution >= 0.6 is 0 Å². The van der Waals surface area contributed by atoms with Crippen molar-refractivity contribution in [3.8, 4) is 0 Å².